The summed E-state index contributed by atoms with van der Waals surface area (Å²) in [7, 11) is 0. The number of fused-ring (bicyclic) bond motifs is 1. The zero-order chi connectivity index (χ0) is 14.5. The third kappa shape index (κ3) is 3.75. The van der Waals surface area contributed by atoms with Crippen LogP contribution in [0.25, 0.3) is 10.9 Å². The Morgan fingerprint density at radius 1 is 1.05 bits per heavy atom. The first-order valence-corrected chi connectivity index (χ1v) is 8.48. The highest BCUT2D eigenvalue weighted by Crippen LogP contribution is 2.25. The third-order valence-electron chi connectivity index (χ3n) is 4.49. The highest BCUT2D eigenvalue weighted by atomic mass is 35.5. The number of aromatic nitrogens is 1. The van der Waals surface area contributed by atoms with Crippen molar-refractivity contribution in [2.24, 2.45) is 0 Å². The van der Waals surface area contributed by atoms with Gasteiger partial charge >= 0.3 is 0 Å². The molecular formula is C18H23ClN2. The highest BCUT2D eigenvalue weighted by Gasteiger charge is 2.12. The summed E-state index contributed by atoms with van der Waals surface area (Å²) in [4.78, 5) is 4.51. The van der Waals surface area contributed by atoms with E-state index in [9.17, 15) is 0 Å². The molecule has 1 saturated carbocycles. The first-order valence-electron chi connectivity index (χ1n) is 8.10. The standard InChI is InChI=1S/C18H23ClN2/c19-17-11-10-14(18-16(17)9-6-12-20-18)13-21-15-7-4-2-1-3-5-8-15/h6,9-12,15,21H,1-5,7-8,13H2. The lowest BCUT2D eigenvalue weighted by atomic mass is 9.96. The van der Waals surface area contributed by atoms with Crippen LogP contribution in [-0.4, -0.2) is 11.0 Å². The minimum Gasteiger partial charge on any atom is -0.310 e. The van der Waals surface area contributed by atoms with Crippen LogP contribution < -0.4 is 5.32 Å². The van der Waals surface area contributed by atoms with Crippen LogP contribution in [0.4, 0.5) is 0 Å². The Morgan fingerprint density at radius 2 is 1.81 bits per heavy atom. The van der Waals surface area contributed by atoms with Gasteiger partial charge < -0.3 is 5.32 Å². The van der Waals surface area contributed by atoms with Crippen molar-refractivity contribution in [1.29, 1.82) is 0 Å². The predicted octanol–water partition coefficient (Wildman–Crippen LogP) is 5.09. The Labute approximate surface area is 131 Å². The van der Waals surface area contributed by atoms with E-state index in [1.165, 1.54) is 50.5 Å². The van der Waals surface area contributed by atoms with Crippen molar-refractivity contribution in [2.75, 3.05) is 0 Å². The Balaban J connectivity index is 1.71. The van der Waals surface area contributed by atoms with Crippen molar-refractivity contribution in [1.82, 2.24) is 10.3 Å². The average molecular weight is 303 g/mol. The van der Waals surface area contributed by atoms with Crippen molar-refractivity contribution in [3.63, 3.8) is 0 Å². The summed E-state index contributed by atoms with van der Waals surface area (Å²) in [5, 5.41) is 5.57. The fraction of sp³-hybridized carbons (Fsp3) is 0.500. The number of hydrogen-bond donors (Lipinski definition) is 1. The monoisotopic (exact) mass is 302 g/mol. The molecule has 2 nitrogen and oxygen atoms in total. The van der Waals surface area contributed by atoms with E-state index in [1.54, 1.807) is 0 Å². The SMILES string of the molecule is Clc1ccc(CNC2CCCCCCC2)c2ncccc12. The maximum atomic E-state index is 6.26. The molecule has 0 saturated heterocycles. The minimum atomic E-state index is 0.653. The molecule has 1 aliphatic rings. The van der Waals surface area contributed by atoms with E-state index in [0.29, 0.717) is 6.04 Å². The number of rotatable bonds is 3. The van der Waals surface area contributed by atoms with Gasteiger partial charge in [0.2, 0.25) is 0 Å². The minimum absolute atomic E-state index is 0.653. The average Bonchev–Trinajstić information content (AvgIpc) is 2.48. The molecule has 112 valence electrons. The van der Waals surface area contributed by atoms with Crippen LogP contribution >= 0.6 is 11.6 Å². The van der Waals surface area contributed by atoms with Gasteiger partial charge in [-0.15, -0.1) is 0 Å². The number of nitrogens with one attached hydrogen (secondary N) is 1. The van der Waals surface area contributed by atoms with Crippen molar-refractivity contribution in [2.45, 2.75) is 57.5 Å². The van der Waals surface area contributed by atoms with Crippen LogP contribution in [-0.2, 0) is 6.54 Å². The molecule has 21 heavy (non-hydrogen) atoms. The predicted molar refractivity (Wildman–Crippen MR) is 89.7 cm³/mol. The quantitative estimate of drug-likeness (QED) is 0.854. The maximum Gasteiger partial charge on any atom is 0.0761 e. The molecule has 1 heterocycles. The molecule has 1 aromatic heterocycles. The fourth-order valence-corrected chi connectivity index (χ4v) is 3.47. The van der Waals surface area contributed by atoms with Gasteiger partial charge in [-0.3, -0.25) is 4.98 Å². The number of halogens is 1. The number of nitrogens with zero attached hydrogens (tertiary/aromatic N) is 1. The summed E-state index contributed by atoms with van der Waals surface area (Å²) in [5.41, 5.74) is 2.28. The molecular weight excluding hydrogens is 280 g/mol. The second-order valence-corrected chi connectivity index (χ2v) is 6.44. The summed E-state index contributed by atoms with van der Waals surface area (Å²) < 4.78 is 0. The summed E-state index contributed by atoms with van der Waals surface area (Å²) in [6.07, 6.45) is 11.4. The van der Waals surface area contributed by atoms with E-state index in [-0.39, 0.29) is 0 Å². The van der Waals surface area contributed by atoms with E-state index < -0.39 is 0 Å². The maximum absolute atomic E-state index is 6.26. The molecule has 3 heteroatoms. The van der Waals surface area contributed by atoms with Crippen molar-refractivity contribution >= 4 is 22.5 Å². The lowest BCUT2D eigenvalue weighted by Gasteiger charge is -2.21. The fourth-order valence-electron chi connectivity index (χ4n) is 3.25. The summed E-state index contributed by atoms with van der Waals surface area (Å²) in [5.74, 6) is 0. The van der Waals surface area contributed by atoms with Gasteiger partial charge in [-0.1, -0.05) is 49.8 Å². The number of pyridine rings is 1. The van der Waals surface area contributed by atoms with Gasteiger partial charge in [0.1, 0.15) is 0 Å². The van der Waals surface area contributed by atoms with E-state index in [0.717, 1.165) is 22.5 Å². The van der Waals surface area contributed by atoms with Crippen molar-refractivity contribution in [3.8, 4) is 0 Å². The van der Waals surface area contributed by atoms with Gasteiger partial charge in [-0.2, -0.15) is 0 Å². The Kier molecular flexibility index (Phi) is 5.10. The normalized spacial score (nSPS) is 17.6. The van der Waals surface area contributed by atoms with Gasteiger partial charge in [-0.05, 0) is 36.6 Å². The van der Waals surface area contributed by atoms with Crippen molar-refractivity contribution in [3.05, 3.63) is 41.0 Å². The summed E-state index contributed by atoms with van der Waals surface area (Å²) in [6, 6.07) is 8.73. The molecule has 1 N–H and O–H groups in total. The van der Waals surface area contributed by atoms with E-state index in [2.05, 4.69) is 16.4 Å². The van der Waals surface area contributed by atoms with Crippen LogP contribution in [0.2, 0.25) is 5.02 Å². The Hall–Kier alpha value is -1.12. The third-order valence-corrected chi connectivity index (χ3v) is 4.82. The molecule has 1 fully saturated rings. The molecule has 0 atom stereocenters. The molecule has 0 radical (unpaired) electrons. The molecule has 2 aromatic rings. The van der Waals surface area contributed by atoms with Gasteiger partial charge in [0.05, 0.1) is 5.52 Å². The van der Waals surface area contributed by atoms with Crippen LogP contribution in [0.3, 0.4) is 0 Å². The second kappa shape index (κ2) is 7.24. The first-order chi connectivity index (χ1) is 10.3. The zero-order valence-corrected chi connectivity index (χ0v) is 13.2. The zero-order valence-electron chi connectivity index (χ0n) is 12.4. The Bertz CT molecular complexity index is 589. The lowest BCUT2D eigenvalue weighted by Crippen LogP contribution is -2.29. The second-order valence-electron chi connectivity index (χ2n) is 6.03. The summed E-state index contributed by atoms with van der Waals surface area (Å²) in [6.45, 7) is 0.884. The number of benzene rings is 1. The van der Waals surface area contributed by atoms with E-state index in [1.807, 2.05) is 24.4 Å². The van der Waals surface area contributed by atoms with Gasteiger partial charge in [0.15, 0.2) is 0 Å². The van der Waals surface area contributed by atoms with Crippen LogP contribution in [0.5, 0.6) is 0 Å². The highest BCUT2D eigenvalue weighted by molar-refractivity contribution is 6.35. The van der Waals surface area contributed by atoms with Crippen LogP contribution in [0.15, 0.2) is 30.5 Å². The first kappa shape index (κ1) is 14.8. The molecule has 1 aliphatic carbocycles. The van der Waals surface area contributed by atoms with E-state index >= 15 is 0 Å². The molecule has 3 rings (SSSR count). The molecule has 0 unspecified atom stereocenters. The summed E-state index contributed by atoms with van der Waals surface area (Å²) >= 11 is 6.26. The van der Waals surface area contributed by atoms with Gasteiger partial charge in [0.25, 0.3) is 0 Å². The molecule has 0 aliphatic heterocycles. The smallest absolute Gasteiger partial charge is 0.0761 e. The Morgan fingerprint density at radius 3 is 2.62 bits per heavy atom. The molecule has 1 aromatic carbocycles. The lowest BCUT2D eigenvalue weighted by molar-refractivity contribution is 0.389. The topological polar surface area (TPSA) is 24.9 Å². The molecule has 0 amide bonds. The largest absolute Gasteiger partial charge is 0.310 e. The van der Waals surface area contributed by atoms with Gasteiger partial charge in [-0.25, -0.2) is 0 Å². The van der Waals surface area contributed by atoms with Gasteiger partial charge in [0, 0.05) is 29.2 Å². The van der Waals surface area contributed by atoms with Crippen LogP contribution in [0, 0.1) is 0 Å². The van der Waals surface area contributed by atoms with E-state index in [4.69, 9.17) is 11.6 Å². The molecule has 0 spiro atoms. The van der Waals surface area contributed by atoms with Crippen molar-refractivity contribution < 1.29 is 0 Å². The van der Waals surface area contributed by atoms with Crippen LogP contribution in [0.1, 0.15) is 50.5 Å². The molecule has 0 bridgehead atoms. The number of hydrogen-bond acceptors (Lipinski definition) is 2.